The summed E-state index contributed by atoms with van der Waals surface area (Å²) >= 11 is 0. The predicted octanol–water partition coefficient (Wildman–Crippen LogP) is 3.73. The van der Waals surface area contributed by atoms with E-state index in [9.17, 15) is 9.59 Å². The van der Waals surface area contributed by atoms with Crippen molar-refractivity contribution in [3.05, 3.63) is 116 Å². The van der Waals surface area contributed by atoms with E-state index in [1.54, 1.807) is 17.5 Å². The van der Waals surface area contributed by atoms with Gasteiger partial charge in [-0.2, -0.15) is 0 Å². The second-order valence-corrected chi connectivity index (χ2v) is 6.46. The number of fused-ring (bicyclic) bond motifs is 3. The van der Waals surface area contributed by atoms with Crippen LogP contribution in [-0.2, 0) is 21.8 Å². The van der Waals surface area contributed by atoms with Gasteiger partial charge in [0, 0.05) is 17.7 Å². The molecule has 0 aliphatic heterocycles. The molecule has 2 fully saturated rings. The minimum atomic E-state index is -0.430. The molecule has 1 aromatic carbocycles. The first-order chi connectivity index (χ1) is 14.2. The Balaban J connectivity index is 0.000000376. The van der Waals surface area contributed by atoms with E-state index in [1.165, 1.54) is 0 Å². The Morgan fingerprint density at radius 1 is 1.00 bits per heavy atom. The molecule has 5 rings (SSSR count). The van der Waals surface area contributed by atoms with Gasteiger partial charge < -0.3 is 14.1 Å². The SMILES string of the molecule is CCOC(=O)c1cn2c(c1[C]1[CH][CH][CH][CH]1)c(=O)[nH]c1ccccc12.[CH]1[CH][CH][CH][CH]1.[Fe+2]. The molecule has 0 saturated heterocycles. The van der Waals surface area contributed by atoms with Gasteiger partial charge >= 0.3 is 23.0 Å². The van der Waals surface area contributed by atoms with Crippen LogP contribution in [0.2, 0.25) is 0 Å². The number of hydrogen-bond donors (Lipinski definition) is 1. The molecule has 2 saturated carbocycles. The summed E-state index contributed by atoms with van der Waals surface area (Å²) in [6, 6.07) is 7.49. The molecule has 150 valence electrons. The summed E-state index contributed by atoms with van der Waals surface area (Å²) in [5, 5.41) is 0. The van der Waals surface area contributed by atoms with Crippen molar-refractivity contribution in [2.24, 2.45) is 0 Å². The fourth-order valence-electron chi connectivity index (χ4n) is 3.41. The predicted molar refractivity (Wildman–Crippen MR) is 113 cm³/mol. The minimum Gasteiger partial charge on any atom is -0.462 e. The molecule has 1 N–H and O–H groups in total. The van der Waals surface area contributed by atoms with E-state index in [1.807, 2.05) is 82.1 Å². The Bertz CT molecular complexity index is 1050. The number of carbonyl (C=O) groups excluding carboxylic acids is 1. The smallest absolute Gasteiger partial charge is 0.462 e. The fourth-order valence-corrected chi connectivity index (χ4v) is 3.41. The van der Waals surface area contributed by atoms with Crippen LogP contribution in [0.3, 0.4) is 0 Å². The van der Waals surface area contributed by atoms with Gasteiger partial charge in [-0.15, -0.1) is 0 Å². The molecule has 0 amide bonds. The summed E-state index contributed by atoms with van der Waals surface area (Å²) in [6.45, 7) is 2.04. The standard InChI is InChI=1S/C19H15N2O3.C5H5.Fe/c1-2-24-19(23)13-11-21-15-10-6-5-9-14(15)20-18(22)17(21)16(13)12-7-3-4-8-12;1-2-4-5-3-1;/h3-11H,2H2,1H3,(H,20,22);1-5H;/q;;+2. The van der Waals surface area contributed by atoms with Crippen molar-refractivity contribution >= 4 is 22.5 Å². The van der Waals surface area contributed by atoms with Crippen LogP contribution in [0.5, 0.6) is 0 Å². The quantitative estimate of drug-likeness (QED) is 0.499. The van der Waals surface area contributed by atoms with Gasteiger partial charge in [0.25, 0.3) is 5.56 Å². The number of aromatic amines is 1. The van der Waals surface area contributed by atoms with E-state index in [4.69, 9.17) is 4.74 Å². The first kappa shape index (κ1) is 22.6. The number of para-hydroxylation sites is 2. The number of benzene rings is 1. The minimum absolute atomic E-state index is 0. The summed E-state index contributed by atoms with van der Waals surface area (Å²) in [5.41, 5.74) is 2.75. The molecule has 0 atom stereocenters. The summed E-state index contributed by atoms with van der Waals surface area (Å²) in [5.74, 6) is 0.391. The molecule has 6 heteroatoms. The number of nitrogens with zero attached hydrogens (tertiary/aromatic N) is 1. The Morgan fingerprint density at radius 2 is 1.63 bits per heavy atom. The molecule has 0 spiro atoms. The molecule has 2 aliphatic rings. The van der Waals surface area contributed by atoms with Crippen LogP contribution in [0.15, 0.2) is 35.3 Å². The maximum Gasteiger partial charge on any atom is 2.00 e. The normalized spacial score (nSPS) is 16.3. The van der Waals surface area contributed by atoms with Crippen LogP contribution < -0.4 is 5.56 Å². The molecule has 3 aromatic rings. The zero-order valence-corrected chi connectivity index (χ0v) is 17.4. The Morgan fingerprint density at radius 3 is 2.27 bits per heavy atom. The van der Waals surface area contributed by atoms with E-state index in [0.717, 1.165) is 17.0 Å². The van der Waals surface area contributed by atoms with Crippen molar-refractivity contribution in [1.29, 1.82) is 0 Å². The monoisotopic (exact) mass is 440 g/mol. The van der Waals surface area contributed by atoms with E-state index < -0.39 is 5.97 Å². The first-order valence-corrected chi connectivity index (χ1v) is 9.42. The topological polar surface area (TPSA) is 63.6 Å². The summed E-state index contributed by atoms with van der Waals surface area (Å²) in [7, 11) is 0. The Labute approximate surface area is 187 Å². The largest absolute Gasteiger partial charge is 2.00 e. The van der Waals surface area contributed by atoms with E-state index >= 15 is 0 Å². The molecule has 2 aliphatic carbocycles. The Hall–Kier alpha value is -2.04. The van der Waals surface area contributed by atoms with Gasteiger partial charge in [-0.1, -0.05) is 12.1 Å². The molecule has 5 nitrogen and oxygen atoms in total. The van der Waals surface area contributed by atoms with Gasteiger partial charge in [0.2, 0.25) is 0 Å². The second-order valence-electron chi connectivity index (χ2n) is 6.46. The number of esters is 1. The summed E-state index contributed by atoms with van der Waals surface area (Å²) in [4.78, 5) is 28.0. The number of H-pyrrole nitrogens is 1. The van der Waals surface area contributed by atoms with Crippen LogP contribution >= 0.6 is 0 Å². The van der Waals surface area contributed by atoms with Crippen molar-refractivity contribution in [3.63, 3.8) is 0 Å². The summed E-state index contributed by atoms with van der Waals surface area (Å²) < 4.78 is 6.95. The maximum absolute atomic E-state index is 12.7. The van der Waals surface area contributed by atoms with E-state index in [-0.39, 0.29) is 29.2 Å². The molecule has 2 heterocycles. The van der Waals surface area contributed by atoms with Crippen molar-refractivity contribution in [3.8, 4) is 0 Å². The van der Waals surface area contributed by atoms with E-state index in [2.05, 4.69) is 4.98 Å². The number of rotatable bonds is 3. The van der Waals surface area contributed by atoms with E-state index in [0.29, 0.717) is 16.6 Å². The van der Waals surface area contributed by atoms with Gasteiger partial charge in [0.1, 0.15) is 5.52 Å². The molecular formula is C24H20FeN2O3+2. The first-order valence-electron chi connectivity index (χ1n) is 9.42. The number of aromatic nitrogens is 2. The Kier molecular flexibility index (Phi) is 7.79. The number of ether oxygens (including phenoxy) is 1. The molecule has 0 bridgehead atoms. The average Bonchev–Trinajstić information content (AvgIpc) is 3.50. The second kappa shape index (κ2) is 10.3. The molecule has 0 unspecified atom stereocenters. The molecule has 2 aromatic heterocycles. The average molecular weight is 440 g/mol. The third-order valence-corrected chi connectivity index (χ3v) is 4.63. The fraction of sp³-hybridized carbons (Fsp3) is 0.0833. The number of hydrogen-bond acceptors (Lipinski definition) is 3. The third kappa shape index (κ3) is 4.50. The van der Waals surface area contributed by atoms with Gasteiger partial charge in [0.15, 0.2) is 0 Å². The van der Waals surface area contributed by atoms with Crippen LogP contribution in [-0.4, -0.2) is 22.0 Å². The van der Waals surface area contributed by atoms with Gasteiger partial charge in [0.05, 0.1) is 23.2 Å². The van der Waals surface area contributed by atoms with Crippen LogP contribution in [0.4, 0.5) is 0 Å². The van der Waals surface area contributed by atoms with Gasteiger partial charge in [-0.3, -0.25) is 4.79 Å². The number of nitrogens with one attached hydrogen (secondary N) is 1. The van der Waals surface area contributed by atoms with Crippen molar-refractivity contribution in [2.75, 3.05) is 6.61 Å². The van der Waals surface area contributed by atoms with Crippen LogP contribution in [0, 0.1) is 63.7 Å². The van der Waals surface area contributed by atoms with Gasteiger partial charge in [-0.25, -0.2) is 4.79 Å². The number of carbonyl (C=O) groups is 1. The van der Waals surface area contributed by atoms with Crippen molar-refractivity contribution in [1.82, 2.24) is 9.38 Å². The molecular weight excluding hydrogens is 420 g/mol. The van der Waals surface area contributed by atoms with Crippen LogP contribution in [0.1, 0.15) is 22.8 Å². The summed E-state index contributed by atoms with van der Waals surface area (Å²) in [6.07, 6.45) is 19.2. The van der Waals surface area contributed by atoms with Crippen molar-refractivity contribution < 1.29 is 26.6 Å². The van der Waals surface area contributed by atoms with Gasteiger partial charge in [-0.05, 0) is 76.8 Å². The molecule has 10 radical (unpaired) electrons. The molecule has 30 heavy (non-hydrogen) atoms. The zero-order chi connectivity index (χ0) is 20.2. The maximum atomic E-state index is 12.7. The van der Waals surface area contributed by atoms with Crippen molar-refractivity contribution in [2.45, 2.75) is 6.92 Å². The van der Waals surface area contributed by atoms with Crippen LogP contribution in [0.25, 0.3) is 16.6 Å². The zero-order valence-electron chi connectivity index (χ0n) is 16.3. The third-order valence-electron chi connectivity index (χ3n) is 4.63.